The molecule has 2 unspecified atom stereocenters. The number of Topliss-reactive ketones (excluding diaryl/α,β-unsaturated/α-hetero) is 1. The van der Waals surface area contributed by atoms with Crippen LogP contribution in [0, 0.1) is 5.92 Å². The van der Waals surface area contributed by atoms with Gasteiger partial charge in [-0.3, -0.25) is 9.59 Å². The molecule has 13 heavy (non-hydrogen) atoms. The predicted octanol–water partition coefficient (Wildman–Crippen LogP) is 0.833. The summed E-state index contributed by atoms with van der Waals surface area (Å²) in [7, 11) is 0. The lowest BCUT2D eigenvalue weighted by molar-refractivity contribution is -0.127. The first kappa shape index (κ1) is 10.6. The largest absolute Gasteiger partial charge is 0.352 e. The number of carbonyl (C=O) groups excluding carboxylic acids is 2. The highest BCUT2D eigenvalue weighted by molar-refractivity contribution is 7.99. The van der Waals surface area contributed by atoms with E-state index in [0.29, 0.717) is 5.92 Å². The molecule has 4 heteroatoms. The molecule has 1 aliphatic rings. The van der Waals surface area contributed by atoms with Gasteiger partial charge in [-0.1, -0.05) is 6.92 Å². The highest BCUT2D eigenvalue weighted by atomic mass is 32.2. The van der Waals surface area contributed by atoms with Gasteiger partial charge in [-0.25, -0.2) is 0 Å². The molecular weight excluding hydrogens is 186 g/mol. The van der Waals surface area contributed by atoms with E-state index in [9.17, 15) is 9.59 Å². The molecule has 2 atom stereocenters. The van der Waals surface area contributed by atoms with E-state index in [1.807, 2.05) is 11.8 Å². The summed E-state index contributed by atoms with van der Waals surface area (Å²) in [6, 6.07) is 0.261. The van der Waals surface area contributed by atoms with Crippen LogP contribution in [0.3, 0.4) is 0 Å². The van der Waals surface area contributed by atoms with Crippen LogP contribution in [0.5, 0.6) is 0 Å². The summed E-state index contributed by atoms with van der Waals surface area (Å²) in [6.07, 6.45) is 0.0217. The van der Waals surface area contributed by atoms with Crippen molar-refractivity contribution in [3.63, 3.8) is 0 Å². The fourth-order valence-electron chi connectivity index (χ4n) is 1.33. The maximum Gasteiger partial charge on any atom is 0.227 e. The Morgan fingerprint density at radius 2 is 2.15 bits per heavy atom. The van der Waals surface area contributed by atoms with Crippen molar-refractivity contribution in [1.29, 1.82) is 0 Å². The zero-order valence-corrected chi connectivity index (χ0v) is 8.82. The minimum atomic E-state index is -0.133. The zero-order valence-electron chi connectivity index (χ0n) is 8.00. The number of carbonyl (C=O) groups is 2. The third kappa shape index (κ3) is 3.38. The SMILES string of the molecule is CC(=O)CC(=O)NC1CSCC1C. The van der Waals surface area contributed by atoms with Gasteiger partial charge in [-0.05, 0) is 18.6 Å². The van der Waals surface area contributed by atoms with Crippen molar-refractivity contribution in [2.45, 2.75) is 26.3 Å². The number of hydrogen-bond acceptors (Lipinski definition) is 3. The number of nitrogens with one attached hydrogen (secondary N) is 1. The minimum Gasteiger partial charge on any atom is -0.352 e. The fraction of sp³-hybridized carbons (Fsp3) is 0.778. The number of ketones is 1. The topological polar surface area (TPSA) is 46.2 Å². The maximum absolute atomic E-state index is 11.2. The van der Waals surface area contributed by atoms with Crippen LogP contribution in [-0.4, -0.2) is 29.2 Å². The average Bonchev–Trinajstić information content (AvgIpc) is 2.34. The van der Waals surface area contributed by atoms with Crippen LogP contribution in [0.2, 0.25) is 0 Å². The second-order valence-corrected chi connectivity index (χ2v) is 4.64. The van der Waals surface area contributed by atoms with Crippen LogP contribution in [0.1, 0.15) is 20.3 Å². The van der Waals surface area contributed by atoms with Crippen LogP contribution in [0.15, 0.2) is 0 Å². The molecule has 0 aliphatic carbocycles. The molecular formula is C9H15NO2S. The molecule has 1 amide bonds. The smallest absolute Gasteiger partial charge is 0.227 e. The summed E-state index contributed by atoms with van der Waals surface area (Å²) in [6.45, 7) is 3.56. The Labute approximate surface area is 82.6 Å². The van der Waals surface area contributed by atoms with Crippen LogP contribution >= 0.6 is 11.8 Å². The molecule has 3 nitrogen and oxygen atoms in total. The highest BCUT2D eigenvalue weighted by Crippen LogP contribution is 2.23. The Morgan fingerprint density at radius 3 is 2.62 bits per heavy atom. The average molecular weight is 201 g/mol. The molecule has 0 spiro atoms. The Balaban J connectivity index is 2.31. The lowest BCUT2D eigenvalue weighted by Crippen LogP contribution is -2.39. The Hall–Kier alpha value is -0.510. The summed E-state index contributed by atoms with van der Waals surface area (Å²) in [4.78, 5) is 21.9. The second kappa shape index (κ2) is 4.65. The van der Waals surface area contributed by atoms with Gasteiger partial charge in [-0.15, -0.1) is 0 Å². The lowest BCUT2D eigenvalue weighted by atomic mass is 10.1. The van der Waals surface area contributed by atoms with Crippen molar-refractivity contribution in [3.05, 3.63) is 0 Å². The number of thioether (sulfide) groups is 1. The molecule has 0 aromatic heterocycles. The van der Waals surface area contributed by atoms with Crippen LogP contribution in [0.4, 0.5) is 0 Å². The van der Waals surface area contributed by atoms with E-state index < -0.39 is 0 Å². The lowest BCUT2D eigenvalue weighted by Gasteiger charge is -2.15. The molecule has 0 radical (unpaired) electrons. The first-order valence-electron chi connectivity index (χ1n) is 4.46. The molecule has 1 saturated heterocycles. The van der Waals surface area contributed by atoms with Gasteiger partial charge in [0.25, 0.3) is 0 Å². The molecule has 0 saturated carbocycles. The molecule has 1 N–H and O–H groups in total. The third-order valence-corrected chi connectivity index (χ3v) is 3.48. The van der Waals surface area contributed by atoms with Gasteiger partial charge < -0.3 is 5.32 Å². The second-order valence-electron chi connectivity index (χ2n) is 3.57. The molecule has 74 valence electrons. The monoisotopic (exact) mass is 201 g/mol. The first-order valence-corrected chi connectivity index (χ1v) is 5.61. The van der Waals surface area contributed by atoms with Gasteiger partial charge in [0, 0.05) is 11.8 Å². The van der Waals surface area contributed by atoms with Crippen molar-refractivity contribution in [2.75, 3.05) is 11.5 Å². The summed E-state index contributed by atoms with van der Waals surface area (Å²) in [5, 5.41) is 2.88. The van der Waals surface area contributed by atoms with E-state index in [-0.39, 0.29) is 24.2 Å². The predicted molar refractivity (Wildman–Crippen MR) is 53.7 cm³/mol. The fourth-order valence-corrected chi connectivity index (χ4v) is 2.74. The van der Waals surface area contributed by atoms with Crippen LogP contribution in [0.25, 0.3) is 0 Å². The van der Waals surface area contributed by atoms with Crippen LogP contribution in [-0.2, 0) is 9.59 Å². The molecule has 1 rings (SSSR count). The Morgan fingerprint density at radius 1 is 1.46 bits per heavy atom. The zero-order chi connectivity index (χ0) is 9.84. The van der Waals surface area contributed by atoms with E-state index in [4.69, 9.17) is 0 Å². The van der Waals surface area contributed by atoms with Crippen molar-refractivity contribution < 1.29 is 9.59 Å². The van der Waals surface area contributed by atoms with Gasteiger partial charge in [0.15, 0.2) is 0 Å². The molecule has 0 aromatic carbocycles. The summed E-state index contributed by atoms with van der Waals surface area (Å²) in [5.74, 6) is 2.40. The molecule has 0 aromatic rings. The Kier molecular flexibility index (Phi) is 3.78. The molecule has 0 bridgehead atoms. The van der Waals surface area contributed by atoms with E-state index in [1.165, 1.54) is 6.92 Å². The summed E-state index contributed by atoms with van der Waals surface area (Å²) >= 11 is 1.85. The first-order chi connectivity index (χ1) is 6.09. The maximum atomic E-state index is 11.2. The van der Waals surface area contributed by atoms with E-state index in [2.05, 4.69) is 12.2 Å². The van der Waals surface area contributed by atoms with Crippen molar-refractivity contribution in [2.24, 2.45) is 5.92 Å². The van der Waals surface area contributed by atoms with Crippen molar-refractivity contribution >= 4 is 23.5 Å². The van der Waals surface area contributed by atoms with E-state index >= 15 is 0 Å². The molecule has 1 heterocycles. The van der Waals surface area contributed by atoms with Crippen LogP contribution < -0.4 is 5.32 Å². The standard InChI is InChI=1S/C9H15NO2S/c1-6-4-13-5-8(6)10-9(12)3-7(2)11/h6,8H,3-5H2,1-2H3,(H,10,12). The highest BCUT2D eigenvalue weighted by Gasteiger charge is 2.25. The van der Waals surface area contributed by atoms with Gasteiger partial charge in [0.05, 0.1) is 6.42 Å². The third-order valence-electron chi connectivity index (χ3n) is 2.12. The number of hydrogen-bond donors (Lipinski definition) is 1. The quantitative estimate of drug-likeness (QED) is 0.688. The van der Waals surface area contributed by atoms with Gasteiger partial charge in [-0.2, -0.15) is 11.8 Å². The van der Waals surface area contributed by atoms with Gasteiger partial charge in [0.2, 0.25) is 5.91 Å². The van der Waals surface area contributed by atoms with Crippen molar-refractivity contribution in [1.82, 2.24) is 5.32 Å². The van der Waals surface area contributed by atoms with Crippen molar-refractivity contribution in [3.8, 4) is 0 Å². The Bertz CT molecular complexity index is 218. The number of amides is 1. The van der Waals surface area contributed by atoms with E-state index in [1.54, 1.807) is 0 Å². The van der Waals surface area contributed by atoms with Gasteiger partial charge >= 0.3 is 0 Å². The minimum absolute atomic E-state index is 0.0217. The normalized spacial score (nSPS) is 27.2. The molecule has 1 aliphatic heterocycles. The summed E-state index contributed by atoms with van der Waals surface area (Å²) < 4.78 is 0. The number of rotatable bonds is 3. The summed E-state index contributed by atoms with van der Waals surface area (Å²) in [5.41, 5.74) is 0. The van der Waals surface area contributed by atoms with Gasteiger partial charge in [0.1, 0.15) is 5.78 Å². The van der Waals surface area contributed by atoms with E-state index in [0.717, 1.165) is 11.5 Å². The molecule has 1 fully saturated rings.